The van der Waals surface area contributed by atoms with Crippen molar-refractivity contribution in [3.05, 3.63) is 67.0 Å². The molecule has 2 heterocycles. The van der Waals surface area contributed by atoms with Crippen LogP contribution in [0.15, 0.2) is 76.6 Å². The number of carbonyl (C=O) groups is 1. The highest BCUT2D eigenvalue weighted by atomic mass is 32.2. The topological polar surface area (TPSA) is 80.9 Å². The van der Waals surface area contributed by atoms with Crippen molar-refractivity contribution in [3.8, 4) is 11.5 Å². The lowest BCUT2D eigenvalue weighted by atomic mass is 10.1. The molecule has 0 saturated carbocycles. The van der Waals surface area contributed by atoms with E-state index < -0.39 is 0 Å². The standard InChI is InChI=1S/C19H14N4O2S/c24-17(21-16-8-7-13-4-1-2-5-14(13)10-16)12-26-19-23-22-18(25-19)15-6-3-9-20-11-15/h1-11H,12H2,(H,21,24). The number of hydrogen-bond donors (Lipinski definition) is 1. The van der Waals surface area contributed by atoms with E-state index in [1.807, 2.05) is 48.5 Å². The van der Waals surface area contributed by atoms with Crippen LogP contribution in [-0.4, -0.2) is 26.8 Å². The van der Waals surface area contributed by atoms with Gasteiger partial charge in [0.15, 0.2) is 0 Å². The van der Waals surface area contributed by atoms with Gasteiger partial charge in [0.05, 0.1) is 11.3 Å². The van der Waals surface area contributed by atoms with Crippen LogP contribution < -0.4 is 5.32 Å². The minimum absolute atomic E-state index is 0.133. The molecule has 0 aliphatic heterocycles. The average Bonchev–Trinajstić information content (AvgIpc) is 3.16. The average molecular weight is 362 g/mol. The molecule has 0 fully saturated rings. The maximum atomic E-state index is 12.2. The van der Waals surface area contributed by atoms with Crippen molar-refractivity contribution >= 4 is 34.1 Å². The first kappa shape index (κ1) is 16.3. The second-order valence-electron chi connectivity index (χ2n) is 5.51. The summed E-state index contributed by atoms with van der Waals surface area (Å²) in [6.07, 6.45) is 3.32. The van der Waals surface area contributed by atoms with Crippen molar-refractivity contribution in [2.75, 3.05) is 11.1 Å². The summed E-state index contributed by atoms with van der Waals surface area (Å²) in [5.74, 6) is 0.434. The van der Waals surface area contributed by atoms with Crippen LogP contribution in [0.2, 0.25) is 0 Å². The molecule has 0 saturated heterocycles. The third kappa shape index (κ3) is 3.73. The number of fused-ring (bicyclic) bond motifs is 1. The molecule has 2 aromatic heterocycles. The zero-order valence-corrected chi connectivity index (χ0v) is 14.4. The third-order valence-electron chi connectivity index (χ3n) is 3.67. The number of aromatic nitrogens is 3. The van der Waals surface area contributed by atoms with E-state index in [9.17, 15) is 4.79 Å². The quantitative estimate of drug-likeness (QED) is 0.540. The summed E-state index contributed by atoms with van der Waals surface area (Å²) >= 11 is 1.19. The first-order chi connectivity index (χ1) is 12.8. The molecular weight excluding hydrogens is 348 g/mol. The largest absolute Gasteiger partial charge is 0.411 e. The van der Waals surface area contributed by atoms with Crippen LogP contribution >= 0.6 is 11.8 Å². The first-order valence-electron chi connectivity index (χ1n) is 7.93. The van der Waals surface area contributed by atoms with E-state index in [1.165, 1.54) is 11.8 Å². The van der Waals surface area contributed by atoms with Gasteiger partial charge in [-0.15, -0.1) is 10.2 Å². The Balaban J connectivity index is 1.37. The molecule has 128 valence electrons. The van der Waals surface area contributed by atoms with Crippen molar-refractivity contribution in [2.24, 2.45) is 0 Å². The zero-order chi connectivity index (χ0) is 17.8. The van der Waals surface area contributed by atoms with Crippen LogP contribution in [-0.2, 0) is 4.79 Å². The number of benzene rings is 2. The Morgan fingerprint density at radius 2 is 1.92 bits per heavy atom. The number of carbonyl (C=O) groups excluding carboxylic acids is 1. The lowest BCUT2D eigenvalue weighted by Gasteiger charge is -2.05. The molecule has 0 unspecified atom stereocenters. The van der Waals surface area contributed by atoms with E-state index in [2.05, 4.69) is 20.5 Å². The lowest BCUT2D eigenvalue weighted by Crippen LogP contribution is -2.13. The molecule has 7 heteroatoms. The molecule has 1 amide bonds. The number of nitrogens with one attached hydrogen (secondary N) is 1. The molecule has 1 N–H and O–H groups in total. The maximum Gasteiger partial charge on any atom is 0.277 e. The van der Waals surface area contributed by atoms with Gasteiger partial charge in [0.25, 0.3) is 5.22 Å². The van der Waals surface area contributed by atoms with E-state index in [4.69, 9.17) is 4.42 Å². The van der Waals surface area contributed by atoms with Gasteiger partial charge in [0, 0.05) is 18.1 Å². The van der Waals surface area contributed by atoms with Gasteiger partial charge in [-0.05, 0) is 35.0 Å². The van der Waals surface area contributed by atoms with Gasteiger partial charge in [-0.3, -0.25) is 9.78 Å². The summed E-state index contributed by atoms with van der Waals surface area (Å²) in [6, 6.07) is 17.5. The number of nitrogens with zero attached hydrogens (tertiary/aromatic N) is 3. The van der Waals surface area contributed by atoms with Crippen LogP contribution in [0.25, 0.3) is 22.2 Å². The van der Waals surface area contributed by atoms with Crippen molar-refractivity contribution < 1.29 is 9.21 Å². The van der Waals surface area contributed by atoms with E-state index in [1.54, 1.807) is 18.5 Å². The molecule has 6 nitrogen and oxygen atoms in total. The number of hydrogen-bond acceptors (Lipinski definition) is 6. The van der Waals surface area contributed by atoms with Gasteiger partial charge in [-0.2, -0.15) is 0 Å². The highest BCUT2D eigenvalue weighted by Gasteiger charge is 2.11. The fourth-order valence-electron chi connectivity index (χ4n) is 2.47. The molecule has 26 heavy (non-hydrogen) atoms. The van der Waals surface area contributed by atoms with Crippen LogP contribution in [0, 0.1) is 0 Å². The summed E-state index contributed by atoms with van der Waals surface area (Å²) in [5, 5.41) is 13.4. The van der Waals surface area contributed by atoms with Crippen molar-refractivity contribution in [1.82, 2.24) is 15.2 Å². The Labute approximate surface area is 153 Å². The molecule has 0 radical (unpaired) electrons. The van der Waals surface area contributed by atoms with Gasteiger partial charge in [0.1, 0.15) is 0 Å². The van der Waals surface area contributed by atoms with Crippen LogP contribution in [0.1, 0.15) is 0 Å². The fraction of sp³-hybridized carbons (Fsp3) is 0.0526. The summed E-state index contributed by atoms with van der Waals surface area (Å²) in [5.41, 5.74) is 1.50. The summed E-state index contributed by atoms with van der Waals surface area (Å²) in [4.78, 5) is 16.2. The fourth-order valence-corrected chi connectivity index (χ4v) is 3.03. The highest BCUT2D eigenvalue weighted by molar-refractivity contribution is 7.99. The minimum atomic E-state index is -0.133. The van der Waals surface area contributed by atoms with Gasteiger partial charge < -0.3 is 9.73 Å². The molecule has 0 bridgehead atoms. The van der Waals surface area contributed by atoms with E-state index in [-0.39, 0.29) is 11.7 Å². The first-order valence-corrected chi connectivity index (χ1v) is 8.92. The maximum absolute atomic E-state index is 12.2. The number of rotatable bonds is 5. The predicted octanol–water partition coefficient (Wildman–Crippen LogP) is 4.02. The van der Waals surface area contributed by atoms with Gasteiger partial charge >= 0.3 is 0 Å². The minimum Gasteiger partial charge on any atom is -0.411 e. The molecule has 2 aromatic carbocycles. The number of thioether (sulfide) groups is 1. The molecule has 4 rings (SSSR count). The van der Waals surface area contributed by atoms with Gasteiger partial charge in [-0.1, -0.05) is 42.1 Å². The number of anilines is 1. The normalized spacial score (nSPS) is 10.8. The Morgan fingerprint density at radius 3 is 2.77 bits per heavy atom. The molecule has 0 atom stereocenters. The third-order valence-corrected chi connectivity index (χ3v) is 4.49. The van der Waals surface area contributed by atoms with Crippen molar-refractivity contribution in [1.29, 1.82) is 0 Å². The van der Waals surface area contributed by atoms with Gasteiger partial charge in [-0.25, -0.2) is 0 Å². The second-order valence-corrected chi connectivity index (χ2v) is 6.44. The predicted molar refractivity (Wildman–Crippen MR) is 101 cm³/mol. The summed E-state index contributed by atoms with van der Waals surface area (Å²) in [7, 11) is 0. The molecule has 4 aromatic rings. The van der Waals surface area contributed by atoms with Gasteiger partial charge in [0.2, 0.25) is 11.8 Å². The molecule has 0 aliphatic rings. The SMILES string of the molecule is O=C(CSc1nnc(-c2cccnc2)o1)Nc1ccc2ccccc2c1. The number of amides is 1. The Morgan fingerprint density at radius 1 is 1.04 bits per heavy atom. The zero-order valence-electron chi connectivity index (χ0n) is 13.6. The highest BCUT2D eigenvalue weighted by Crippen LogP contribution is 2.23. The molecular formula is C19H14N4O2S. The number of pyridine rings is 1. The van der Waals surface area contributed by atoms with Crippen molar-refractivity contribution in [2.45, 2.75) is 5.22 Å². The monoisotopic (exact) mass is 362 g/mol. The molecule has 0 spiro atoms. The van der Waals surface area contributed by atoms with Crippen LogP contribution in [0.5, 0.6) is 0 Å². The summed E-state index contributed by atoms with van der Waals surface area (Å²) in [6.45, 7) is 0. The lowest BCUT2D eigenvalue weighted by molar-refractivity contribution is -0.113. The smallest absolute Gasteiger partial charge is 0.277 e. The van der Waals surface area contributed by atoms with E-state index in [0.29, 0.717) is 11.1 Å². The Bertz CT molecular complexity index is 1050. The van der Waals surface area contributed by atoms with Crippen LogP contribution in [0.4, 0.5) is 5.69 Å². The van der Waals surface area contributed by atoms with Crippen LogP contribution in [0.3, 0.4) is 0 Å². The molecule has 0 aliphatic carbocycles. The Hall–Kier alpha value is -3.19. The summed E-state index contributed by atoms with van der Waals surface area (Å²) < 4.78 is 5.55. The Kier molecular flexibility index (Phi) is 4.61. The van der Waals surface area contributed by atoms with E-state index >= 15 is 0 Å². The van der Waals surface area contributed by atoms with Crippen molar-refractivity contribution in [3.63, 3.8) is 0 Å². The second kappa shape index (κ2) is 7.37. The van der Waals surface area contributed by atoms with E-state index in [0.717, 1.165) is 22.0 Å².